The van der Waals surface area contributed by atoms with Crippen molar-refractivity contribution in [2.24, 2.45) is 5.41 Å². The number of hydrogen-bond acceptors (Lipinski definition) is 3. The van der Waals surface area contributed by atoms with E-state index in [0.29, 0.717) is 0 Å². The Morgan fingerprint density at radius 3 is 2.69 bits per heavy atom. The summed E-state index contributed by atoms with van der Waals surface area (Å²) in [5.74, 6) is 0.947. The Morgan fingerprint density at radius 2 is 2.06 bits per heavy atom. The third kappa shape index (κ3) is 5.21. The van der Waals surface area contributed by atoms with Crippen LogP contribution in [-0.2, 0) is 13.0 Å². The largest absolute Gasteiger partial charge is 0.311 e. The maximum Gasteiger partial charge on any atom is 0.129 e. The summed E-state index contributed by atoms with van der Waals surface area (Å²) in [4.78, 5) is 8.87. The SMILES string of the molecule is CCCNCc1ccnc(CC(C)(C)C)n1. The number of nitrogens with one attached hydrogen (secondary N) is 1. The monoisotopic (exact) mass is 221 g/mol. The normalized spacial score (nSPS) is 11.8. The molecule has 3 heteroatoms. The molecule has 0 atom stereocenters. The summed E-state index contributed by atoms with van der Waals surface area (Å²) in [5.41, 5.74) is 1.33. The highest BCUT2D eigenvalue weighted by molar-refractivity contribution is 5.03. The van der Waals surface area contributed by atoms with Crippen molar-refractivity contribution in [3.63, 3.8) is 0 Å². The van der Waals surface area contributed by atoms with Crippen LogP contribution in [0.1, 0.15) is 45.6 Å². The lowest BCUT2D eigenvalue weighted by atomic mass is 9.92. The Balaban J connectivity index is 2.57. The molecule has 0 aromatic carbocycles. The summed E-state index contributed by atoms with van der Waals surface area (Å²) >= 11 is 0. The van der Waals surface area contributed by atoms with Crippen LogP contribution in [0.15, 0.2) is 12.3 Å². The van der Waals surface area contributed by atoms with Gasteiger partial charge in [0.15, 0.2) is 0 Å². The Hall–Kier alpha value is -0.960. The molecule has 1 aromatic heterocycles. The molecule has 1 N–H and O–H groups in total. The van der Waals surface area contributed by atoms with E-state index in [1.807, 2.05) is 12.3 Å². The first-order valence-corrected chi connectivity index (χ1v) is 6.03. The summed E-state index contributed by atoms with van der Waals surface area (Å²) in [6.45, 7) is 10.7. The molecule has 16 heavy (non-hydrogen) atoms. The highest BCUT2D eigenvalue weighted by atomic mass is 14.9. The van der Waals surface area contributed by atoms with E-state index in [4.69, 9.17) is 0 Å². The molecule has 0 bridgehead atoms. The van der Waals surface area contributed by atoms with Crippen LogP contribution < -0.4 is 5.32 Å². The lowest BCUT2D eigenvalue weighted by Gasteiger charge is -2.16. The molecule has 1 rings (SSSR count). The minimum absolute atomic E-state index is 0.246. The zero-order valence-electron chi connectivity index (χ0n) is 10.9. The fourth-order valence-corrected chi connectivity index (χ4v) is 1.49. The molecular weight excluding hydrogens is 198 g/mol. The molecule has 0 aliphatic heterocycles. The smallest absolute Gasteiger partial charge is 0.129 e. The number of hydrogen-bond donors (Lipinski definition) is 1. The average molecular weight is 221 g/mol. The van der Waals surface area contributed by atoms with E-state index in [-0.39, 0.29) is 5.41 Å². The Kier molecular flexibility index (Phi) is 4.87. The summed E-state index contributed by atoms with van der Waals surface area (Å²) in [6.07, 6.45) is 3.94. The fraction of sp³-hybridized carbons (Fsp3) is 0.692. The van der Waals surface area contributed by atoms with Gasteiger partial charge in [-0.3, -0.25) is 0 Å². The fourth-order valence-electron chi connectivity index (χ4n) is 1.49. The molecule has 0 fully saturated rings. The van der Waals surface area contributed by atoms with Crippen molar-refractivity contribution in [2.75, 3.05) is 6.54 Å². The first-order valence-electron chi connectivity index (χ1n) is 6.03. The third-order valence-corrected chi connectivity index (χ3v) is 2.18. The van der Waals surface area contributed by atoms with Crippen LogP contribution in [0.3, 0.4) is 0 Å². The maximum atomic E-state index is 4.56. The first kappa shape index (κ1) is 13.1. The second-order valence-electron chi connectivity index (χ2n) is 5.38. The van der Waals surface area contributed by atoms with Gasteiger partial charge in [0, 0.05) is 19.2 Å². The average Bonchev–Trinajstić information content (AvgIpc) is 2.16. The molecular formula is C13H23N3. The molecule has 90 valence electrons. The molecule has 1 heterocycles. The van der Waals surface area contributed by atoms with Crippen molar-refractivity contribution in [1.29, 1.82) is 0 Å². The van der Waals surface area contributed by atoms with Gasteiger partial charge in [0.1, 0.15) is 5.82 Å². The molecule has 0 aliphatic carbocycles. The van der Waals surface area contributed by atoms with Crippen molar-refractivity contribution < 1.29 is 0 Å². The van der Waals surface area contributed by atoms with Crippen molar-refractivity contribution in [1.82, 2.24) is 15.3 Å². The minimum atomic E-state index is 0.246. The lowest BCUT2D eigenvalue weighted by Crippen LogP contribution is -2.17. The number of aromatic nitrogens is 2. The molecule has 0 aliphatic rings. The molecule has 0 saturated carbocycles. The zero-order valence-corrected chi connectivity index (χ0v) is 10.9. The summed E-state index contributed by atoms with van der Waals surface area (Å²) in [7, 11) is 0. The maximum absolute atomic E-state index is 4.56. The van der Waals surface area contributed by atoms with Crippen LogP contribution in [-0.4, -0.2) is 16.5 Å². The van der Waals surface area contributed by atoms with Crippen LogP contribution in [0.25, 0.3) is 0 Å². The van der Waals surface area contributed by atoms with Crippen molar-refractivity contribution in [2.45, 2.75) is 47.1 Å². The summed E-state index contributed by atoms with van der Waals surface area (Å²) < 4.78 is 0. The van der Waals surface area contributed by atoms with E-state index >= 15 is 0 Å². The van der Waals surface area contributed by atoms with Crippen molar-refractivity contribution in [3.8, 4) is 0 Å². The Labute approximate surface area is 98.7 Å². The molecule has 0 amide bonds. The van der Waals surface area contributed by atoms with Crippen molar-refractivity contribution >= 4 is 0 Å². The van der Waals surface area contributed by atoms with Gasteiger partial charge < -0.3 is 5.32 Å². The number of rotatable bonds is 5. The van der Waals surface area contributed by atoms with E-state index in [0.717, 1.165) is 37.4 Å². The van der Waals surface area contributed by atoms with Crippen LogP contribution in [0.4, 0.5) is 0 Å². The summed E-state index contributed by atoms with van der Waals surface area (Å²) in [5, 5.41) is 3.35. The molecule has 1 aromatic rings. The summed E-state index contributed by atoms with van der Waals surface area (Å²) in [6, 6.07) is 1.98. The molecule has 0 saturated heterocycles. The van der Waals surface area contributed by atoms with E-state index in [9.17, 15) is 0 Å². The third-order valence-electron chi connectivity index (χ3n) is 2.18. The van der Waals surface area contributed by atoms with Crippen LogP contribution >= 0.6 is 0 Å². The predicted molar refractivity (Wildman–Crippen MR) is 67.2 cm³/mol. The quantitative estimate of drug-likeness (QED) is 0.777. The highest BCUT2D eigenvalue weighted by Crippen LogP contribution is 2.17. The van der Waals surface area contributed by atoms with Gasteiger partial charge in [0.2, 0.25) is 0 Å². The lowest BCUT2D eigenvalue weighted by molar-refractivity contribution is 0.399. The van der Waals surface area contributed by atoms with Gasteiger partial charge in [-0.25, -0.2) is 9.97 Å². The van der Waals surface area contributed by atoms with Crippen LogP contribution in [0.5, 0.6) is 0 Å². The minimum Gasteiger partial charge on any atom is -0.311 e. The van der Waals surface area contributed by atoms with Gasteiger partial charge in [-0.1, -0.05) is 27.7 Å². The second kappa shape index (κ2) is 5.94. The van der Waals surface area contributed by atoms with E-state index in [2.05, 4.69) is 43.0 Å². The van der Waals surface area contributed by atoms with Crippen LogP contribution in [0, 0.1) is 5.41 Å². The molecule has 3 nitrogen and oxygen atoms in total. The predicted octanol–water partition coefficient (Wildman–Crippen LogP) is 2.56. The van der Waals surface area contributed by atoms with Gasteiger partial charge in [0.05, 0.1) is 5.69 Å². The standard InChI is InChI=1S/C13H23N3/c1-5-7-14-10-11-6-8-15-12(16-11)9-13(2,3)4/h6,8,14H,5,7,9-10H2,1-4H3. The molecule has 0 unspecified atom stereocenters. The Bertz CT molecular complexity index is 315. The van der Waals surface area contributed by atoms with Gasteiger partial charge in [-0.15, -0.1) is 0 Å². The highest BCUT2D eigenvalue weighted by Gasteiger charge is 2.13. The first-order chi connectivity index (χ1) is 7.51. The molecule has 0 spiro atoms. The van der Waals surface area contributed by atoms with Gasteiger partial charge in [-0.05, 0) is 24.4 Å². The molecule has 0 radical (unpaired) electrons. The zero-order chi connectivity index (χ0) is 12.0. The van der Waals surface area contributed by atoms with Gasteiger partial charge >= 0.3 is 0 Å². The number of nitrogens with zero attached hydrogens (tertiary/aromatic N) is 2. The van der Waals surface area contributed by atoms with E-state index in [1.54, 1.807) is 0 Å². The van der Waals surface area contributed by atoms with Crippen molar-refractivity contribution in [3.05, 3.63) is 23.8 Å². The van der Waals surface area contributed by atoms with Gasteiger partial charge in [0.25, 0.3) is 0 Å². The second-order valence-corrected chi connectivity index (χ2v) is 5.38. The van der Waals surface area contributed by atoms with Gasteiger partial charge in [-0.2, -0.15) is 0 Å². The van der Waals surface area contributed by atoms with E-state index in [1.165, 1.54) is 0 Å². The Morgan fingerprint density at radius 1 is 1.31 bits per heavy atom. The topological polar surface area (TPSA) is 37.8 Å². The van der Waals surface area contributed by atoms with Crippen LogP contribution in [0.2, 0.25) is 0 Å². The van der Waals surface area contributed by atoms with E-state index < -0.39 is 0 Å².